The molecule has 1 atom stereocenters. The number of rotatable bonds is 7. The number of nitrogens with zero attached hydrogens (tertiary/aromatic N) is 3. The van der Waals surface area contributed by atoms with Gasteiger partial charge in [-0.1, -0.05) is 17.7 Å². The molecular formula is C27H33ClF4N6O2. The smallest absolute Gasteiger partial charge is 0.367 e. The molecule has 1 unspecified atom stereocenters. The Hall–Kier alpha value is -3.09. The topological polar surface area (TPSA) is 93.9 Å². The van der Waals surface area contributed by atoms with Crippen LogP contribution in [0, 0.1) is 5.82 Å². The molecule has 0 aliphatic carbocycles. The molecule has 0 saturated carbocycles. The number of anilines is 2. The number of amides is 3. The van der Waals surface area contributed by atoms with Crippen LogP contribution in [0.4, 0.5) is 33.7 Å². The highest BCUT2D eigenvalue weighted by Crippen LogP contribution is 2.31. The van der Waals surface area contributed by atoms with E-state index < -0.39 is 24.3 Å². The molecule has 40 heavy (non-hydrogen) atoms. The molecule has 4 rings (SSSR count). The number of carbonyl (C=O) groups is 2. The van der Waals surface area contributed by atoms with Gasteiger partial charge in [0.05, 0.1) is 23.4 Å². The van der Waals surface area contributed by atoms with Crippen molar-refractivity contribution in [2.45, 2.75) is 38.0 Å². The van der Waals surface area contributed by atoms with Crippen LogP contribution in [-0.4, -0.2) is 79.8 Å². The molecule has 2 aromatic rings. The second-order valence-corrected chi connectivity index (χ2v) is 10.6. The summed E-state index contributed by atoms with van der Waals surface area (Å²) in [7, 11) is 0. The molecule has 0 bridgehead atoms. The molecule has 8 nitrogen and oxygen atoms in total. The number of likely N-dealkylation sites (tertiary alicyclic amines) is 1. The van der Waals surface area contributed by atoms with Crippen molar-refractivity contribution >= 4 is 34.9 Å². The van der Waals surface area contributed by atoms with Crippen LogP contribution < -0.4 is 21.3 Å². The highest BCUT2D eigenvalue weighted by atomic mass is 35.5. The average molecular weight is 585 g/mol. The van der Waals surface area contributed by atoms with Crippen LogP contribution in [0.3, 0.4) is 0 Å². The Labute approximate surface area is 235 Å². The second-order valence-electron chi connectivity index (χ2n) is 10.1. The maximum absolute atomic E-state index is 14.9. The lowest BCUT2D eigenvalue weighted by Gasteiger charge is -2.37. The van der Waals surface area contributed by atoms with Crippen LogP contribution in [0.15, 0.2) is 36.4 Å². The van der Waals surface area contributed by atoms with E-state index in [-0.39, 0.29) is 30.7 Å². The van der Waals surface area contributed by atoms with Gasteiger partial charge in [0.25, 0.3) is 5.91 Å². The predicted molar refractivity (Wildman–Crippen MR) is 146 cm³/mol. The van der Waals surface area contributed by atoms with Gasteiger partial charge in [-0.3, -0.25) is 9.69 Å². The first kappa shape index (κ1) is 29.9. The van der Waals surface area contributed by atoms with Gasteiger partial charge in [-0.2, -0.15) is 13.2 Å². The van der Waals surface area contributed by atoms with Gasteiger partial charge in [0.1, 0.15) is 5.82 Å². The van der Waals surface area contributed by atoms with E-state index in [2.05, 4.69) is 10.6 Å². The number of nitrogens with two attached hydrogens (primary N) is 1. The summed E-state index contributed by atoms with van der Waals surface area (Å²) in [5.74, 6) is -1.40. The summed E-state index contributed by atoms with van der Waals surface area (Å²) < 4.78 is 52.7. The van der Waals surface area contributed by atoms with Crippen molar-refractivity contribution in [3.05, 3.63) is 58.4 Å². The number of benzene rings is 2. The molecule has 2 heterocycles. The highest BCUT2D eigenvalue weighted by Gasteiger charge is 2.29. The second kappa shape index (κ2) is 13.0. The minimum Gasteiger partial charge on any atom is -0.367 e. The van der Waals surface area contributed by atoms with Gasteiger partial charge in [-0.25, -0.2) is 9.18 Å². The van der Waals surface area contributed by atoms with Crippen molar-refractivity contribution in [2.75, 3.05) is 56.0 Å². The lowest BCUT2D eigenvalue weighted by atomic mass is 10.1. The normalized spacial score (nSPS) is 18.5. The zero-order chi connectivity index (χ0) is 28.9. The fraction of sp³-hybridized carbons (Fsp3) is 0.481. The number of urea groups is 1. The first-order chi connectivity index (χ1) is 19.0. The van der Waals surface area contributed by atoms with Crippen LogP contribution in [0.2, 0.25) is 5.02 Å². The van der Waals surface area contributed by atoms with E-state index in [1.54, 1.807) is 34.1 Å². The molecule has 2 aliphatic rings. The molecule has 2 aliphatic heterocycles. The highest BCUT2D eigenvalue weighted by molar-refractivity contribution is 6.31. The SMILES string of the molecule is NC1CCCN(C(=O)NCc2ccc(C(=O)Nc3ccc(Cl)cc3N3CCN(CCC(F)(F)F)CC3)c(F)c2)C1. The van der Waals surface area contributed by atoms with Crippen molar-refractivity contribution in [3.63, 3.8) is 0 Å². The third kappa shape index (κ3) is 8.21. The number of alkyl halides is 3. The van der Waals surface area contributed by atoms with Gasteiger partial charge in [0.15, 0.2) is 0 Å². The number of nitrogens with one attached hydrogen (secondary N) is 2. The van der Waals surface area contributed by atoms with Crippen molar-refractivity contribution in [1.29, 1.82) is 0 Å². The Morgan fingerprint density at radius 1 is 1.05 bits per heavy atom. The summed E-state index contributed by atoms with van der Waals surface area (Å²) in [6.45, 7) is 2.85. The Morgan fingerprint density at radius 2 is 1.80 bits per heavy atom. The van der Waals surface area contributed by atoms with Gasteiger partial charge in [0, 0.05) is 63.4 Å². The number of hydrogen-bond donors (Lipinski definition) is 3. The lowest BCUT2D eigenvalue weighted by Crippen LogP contribution is -2.49. The maximum Gasteiger partial charge on any atom is 0.390 e. The van der Waals surface area contributed by atoms with Gasteiger partial charge in [-0.15, -0.1) is 0 Å². The van der Waals surface area contributed by atoms with Crippen LogP contribution in [0.25, 0.3) is 0 Å². The lowest BCUT2D eigenvalue weighted by molar-refractivity contribution is -0.138. The van der Waals surface area contributed by atoms with Crippen molar-refractivity contribution in [1.82, 2.24) is 15.1 Å². The Bertz CT molecular complexity index is 1210. The number of piperidine rings is 1. The van der Waals surface area contributed by atoms with Gasteiger partial charge >= 0.3 is 12.2 Å². The number of hydrogen-bond acceptors (Lipinski definition) is 5. The first-order valence-electron chi connectivity index (χ1n) is 13.2. The molecule has 218 valence electrons. The quantitative estimate of drug-likeness (QED) is 0.419. The number of piperazine rings is 1. The van der Waals surface area contributed by atoms with Crippen molar-refractivity contribution in [2.24, 2.45) is 5.73 Å². The fourth-order valence-corrected chi connectivity index (χ4v) is 5.06. The molecule has 0 aromatic heterocycles. The Morgan fingerprint density at radius 3 is 2.48 bits per heavy atom. The van der Waals surface area contributed by atoms with E-state index in [9.17, 15) is 27.2 Å². The third-order valence-corrected chi connectivity index (χ3v) is 7.33. The van der Waals surface area contributed by atoms with Gasteiger partial charge in [0.2, 0.25) is 0 Å². The van der Waals surface area contributed by atoms with Gasteiger partial charge < -0.3 is 26.2 Å². The summed E-state index contributed by atoms with van der Waals surface area (Å²) in [6, 6.07) is 8.69. The van der Waals surface area contributed by atoms with Crippen LogP contribution in [-0.2, 0) is 6.54 Å². The van der Waals surface area contributed by atoms with Crippen LogP contribution >= 0.6 is 11.6 Å². The van der Waals surface area contributed by atoms with E-state index in [0.717, 1.165) is 12.8 Å². The van der Waals surface area contributed by atoms with E-state index in [0.29, 0.717) is 61.2 Å². The molecule has 4 N–H and O–H groups in total. The van der Waals surface area contributed by atoms with E-state index >= 15 is 0 Å². The largest absolute Gasteiger partial charge is 0.390 e. The molecule has 2 fully saturated rings. The van der Waals surface area contributed by atoms with Crippen molar-refractivity contribution < 1.29 is 27.2 Å². The van der Waals surface area contributed by atoms with Crippen LogP contribution in [0.5, 0.6) is 0 Å². The third-order valence-electron chi connectivity index (χ3n) is 7.10. The minimum atomic E-state index is -4.20. The zero-order valence-corrected chi connectivity index (χ0v) is 22.7. The molecular weight excluding hydrogens is 552 g/mol. The Kier molecular flexibility index (Phi) is 9.75. The first-order valence-corrected chi connectivity index (χ1v) is 13.6. The summed E-state index contributed by atoms with van der Waals surface area (Å²) in [4.78, 5) is 30.7. The molecule has 2 saturated heterocycles. The summed E-state index contributed by atoms with van der Waals surface area (Å²) in [5.41, 5.74) is 7.27. The molecule has 0 spiro atoms. The minimum absolute atomic E-state index is 0.0521. The van der Waals surface area contributed by atoms with Crippen molar-refractivity contribution in [3.8, 4) is 0 Å². The van der Waals surface area contributed by atoms with E-state index in [1.807, 2.05) is 4.90 Å². The fourth-order valence-electron chi connectivity index (χ4n) is 4.90. The predicted octanol–water partition coefficient (Wildman–Crippen LogP) is 4.44. The molecule has 3 amide bonds. The molecule has 13 heteroatoms. The summed E-state index contributed by atoms with van der Waals surface area (Å²) >= 11 is 6.20. The maximum atomic E-state index is 14.9. The Balaban J connectivity index is 1.36. The van der Waals surface area contributed by atoms with Gasteiger partial charge in [-0.05, 0) is 48.7 Å². The zero-order valence-electron chi connectivity index (χ0n) is 21.9. The van der Waals surface area contributed by atoms with Crippen LogP contribution in [0.1, 0.15) is 35.2 Å². The standard InChI is InChI=1S/C27H33ClF4N6O2/c28-19-4-6-23(24(15-19)37-12-10-36(11-13-37)9-7-27(30,31)32)35-25(39)21-5-3-18(14-22(21)29)16-34-26(40)38-8-1-2-20(33)17-38/h3-6,14-15,20H,1-2,7-13,16-17,33H2,(H,34,40)(H,35,39). The monoisotopic (exact) mass is 584 g/mol. The molecule has 0 radical (unpaired) electrons. The van der Waals surface area contributed by atoms with E-state index in [4.69, 9.17) is 17.3 Å². The van der Waals surface area contributed by atoms with E-state index in [1.165, 1.54) is 12.1 Å². The number of carbonyl (C=O) groups excluding carboxylic acids is 2. The average Bonchev–Trinajstić information content (AvgIpc) is 2.91. The molecule has 2 aromatic carbocycles. The summed E-state index contributed by atoms with van der Waals surface area (Å²) in [5, 5.41) is 5.92. The summed E-state index contributed by atoms with van der Waals surface area (Å²) in [6.07, 6.45) is -3.36. The number of halogens is 5.